The molecule has 0 heterocycles. The Morgan fingerprint density at radius 2 is 1.33 bits per heavy atom. The van der Waals surface area contributed by atoms with Gasteiger partial charge in [-0.3, -0.25) is 0 Å². The molecule has 4 aromatic carbocycles. The highest BCUT2D eigenvalue weighted by Gasteiger charge is 2.23. The molecule has 0 aliphatic carbocycles. The van der Waals surface area contributed by atoms with E-state index in [1.54, 1.807) is 18.2 Å². The number of ether oxygens (including phenoxy) is 2. The van der Waals surface area contributed by atoms with Gasteiger partial charge in [0.15, 0.2) is 11.5 Å². The molecule has 0 bridgehead atoms. The van der Waals surface area contributed by atoms with Crippen LogP contribution in [0.5, 0.6) is 34.5 Å². The lowest BCUT2D eigenvalue weighted by atomic mass is 9.88. The van der Waals surface area contributed by atoms with Crippen molar-refractivity contribution in [2.75, 3.05) is 14.2 Å². The first-order chi connectivity index (χ1) is 14.3. The molecule has 0 fully saturated rings. The number of aromatic hydroxyl groups is 4. The first kappa shape index (κ1) is 19.5. The van der Waals surface area contributed by atoms with E-state index >= 15 is 0 Å². The Balaban J connectivity index is 2.26. The molecule has 4 N–H and O–H groups in total. The van der Waals surface area contributed by atoms with Crippen molar-refractivity contribution in [2.45, 2.75) is 13.8 Å². The second kappa shape index (κ2) is 6.91. The zero-order chi connectivity index (χ0) is 21.7. The van der Waals surface area contributed by atoms with Crippen molar-refractivity contribution in [1.82, 2.24) is 0 Å². The molecule has 0 atom stereocenters. The van der Waals surface area contributed by atoms with E-state index in [-0.39, 0.29) is 28.7 Å². The van der Waals surface area contributed by atoms with Crippen LogP contribution >= 0.6 is 0 Å². The lowest BCUT2D eigenvalue weighted by Crippen LogP contribution is -1.95. The van der Waals surface area contributed by atoms with E-state index < -0.39 is 0 Å². The molecule has 0 saturated carbocycles. The third-order valence-electron chi connectivity index (χ3n) is 5.39. The van der Waals surface area contributed by atoms with E-state index in [1.807, 2.05) is 19.9 Å². The molecule has 0 aliphatic heterocycles. The number of phenolic OH excluding ortho intramolecular Hbond substituents is 4. The van der Waals surface area contributed by atoms with Crippen molar-refractivity contribution in [1.29, 1.82) is 0 Å². The van der Waals surface area contributed by atoms with E-state index in [0.29, 0.717) is 44.0 Å². The van der Waals surface area contributed by atoms with Crippen LogP contribution in [0.2, 0.25) is 0 Å². The lowest BCUT2D eigenvalue weighted by Gasteiger charge is -2.19. The Kier molecular flexibility index (Phi) is 4.50. The number of aryl methyl sites for hydroxylation is 2. The quantitative estimate of drug-likeness (QED) is 0.377. The van der Waals surface area contributed by atoms with Crippen LogP contribution in [0.15, 0.2) is 36.4 Å². The van der Waals surface area contributed by atoms with Gasteiger partial charge in [0.2, 0.25) is 0 Å². The molecule has 0 aromatic heterocycles. The summed E-state index contributed by atoms with van der Waals surface area (Å²) < 4.78 is 10.7. The number of rotatable bonds is 3. The predicted octanol–water partition coefficient (Wildman–Crippen LogP) is 5.12. The van der Waals surface area contributed by atoms with Crippen LogP contribution in [0.4, 0.5) is 0 Å². The minimum atomic E-state index is -0.104. The van der Waals surface area contributed by atoms with Gasteiger partial charge in [0.25, 0.3) is 0 Å². The standard InChI is InChI=1S/C24H22O6/c1-11-7-14-21(16(26)8-11)19(29-3)10-18(28)22(14)20-12(2)9-17(27)23-13(20)5-6-15(25)24(23)30-4/h5-10,25-28H,1-4H3. The lowest BCUT2D eigenvalue weighted by molar-refractivity contribution is 0.376. The average molecular weight is 406 g/mol. The summed E-state index contributed by atoms with van der Waals surface area (Å²) in [7, 11) is 2.89. The third kappa shape index (κ3) is 2.72. The molecule has 4 rings (SSSR count). The molecule has 0 amide bonds. The van der Waals surface area contributed by atoms with E-state index in [0.717, 1.165) is 5.56 Å². The molecule has 0 saturated heterocycles. The van der Waals surface area contributed by atoms with Gasteiger partial charge in [0.1, 0.15) is 23.0 Å². The smallest absolute Gasteiger partial charge is 0.172 e. The minimum Gasteiger partial charge on any atom is -0.507 e. The highest BCUT2D eigenvalue weighted by molar-refractivity contribution is 6.14. The highest BCUT2D eigenvalue weighted by atomic mass is 16.5. The van der Waals surface area contributed by atoms with Crippen LogP contribution in [0, 0.1) is 13.8 Å². The SMILES string of the molecule is COc1cc(O)c(-c2c(C)cc(O)c3c(OC)c(O)ccc23)c2cc(C)cc(O)c12. The summed E-state index contributed by atoms with van der Waals surface area (Å²) in [5.74, 6) is 0.343. The molecule has 0 radical (unpaired) electrons. The fourth-order valence-corrected chi connectivity index (χ4v) is 4.19. The summed E-state index contributed by atoms with van der Waals surface area (Å²) in [5, 5.41) is 44.4. The largest absolute Gasteiger partial charge is 0.507 e. The average Bonchev–Trinajstić information content (AvgIpc) is 2.68. The molecule has 0 unspecified atom stereocenters. The summed E-state index contributed by atoms with van der Waals surface area (Å²) in [6.07, 6.45) is 0. The Morgan fingerprint density at radius 3 is 2.00 bits per heavy atom. The molecule has 30 heavy (non-hydrogen) atoms. The summed E-state index contributed by atoms with van der Waals surface area (Å²) in [4.78, 5) is 0. The fourth-order valence-electron chi connectivity index (χ4n) is 4.19. The Labute approximate surface area is 173 Å². The van der Waals surface area contributed by atoms with E-state index in [2.05, 4.69) is 0 Å². The van der Waals surface area contributed by atoms with Crippen LogP contribution in [0.1, 0.15) is 11.1 Å². The second-order valence-corrected chi connectivity index (χ2v) is 7.31. The van der Waals surface area contributed by atoms with Crippen LogP contribution in [-0.2, 0) is 0 Å². The molecular weight excluding hydrogens is 384 g/mol. The summed E-state index contributed by atoms with van der Waals surface area (Å²) in [6.45, 7) is 3.67. The van der Waals surface area contributed by atoms with Gasteiger partial charge in [-0.05, 0) is 60.2 Å². The Hall–Kier alpha value is -3.80. The number of methoxy groups -OCH3 is 2. The Bertz CT molecular complexity index is 1320. The number of hydrogen-bond acceptors (Lipinski definition) is 6. The number of benzene rings is 4. The maximum atomic E-state index is 11.0. The van der Waals surface area contributed by atoms with Crippen molar-refractivity contribution in [3.8, 4) is 45.6 Å². The Morgan fingerprint density at radius 1 is 0.633 bits per heavy atom. The van der Waals surface area contributed by atoms with E-state index in [1.165, 1.54) is 26.4 Å². The van der Waals surface area contributed by atoms with Gasteiger partial charge in [0, 0.05) is 17.0 Å². The predicted molar refractivity (Wildman–Crippen MR) is 116 cm³/mol. The summed E-state index contributed by atoms with van der Waals surface area (Å²) in [5.41, 5.74) is 2.65. The molecule has 6 nitrogen and oxygen atoms in total. The van der Waals surface area contributed by atoms with Crippen molar-refractivity contribution in [3.63, 3.8) is 0 Å². The first-order valence-corrected chi connectivity index (χ1v) is 9.34. The maximum Gasteiger partial charge on any atom is 0.172 e. The zero-order valence-electron chi connectivity index (χ0n) is 17.1. The first-order valence-electron chi connectivity index (χ1n) is 9.34. The normalized spacial score (nSPS) is 11.2. The van der Waals surface area contributed by atoms with Gasteiger partial charge in [-0.2, -0.15) is 0 Å². The summed E-state index contributed by atoms with van der Waals surface area (Å²) in [6, 6.07) is 9.67. The summed E-state index contributed by atoms with van der Waals surface area (Å²) >= 11 is 0. The third-order valence-corrected chi connectivity index (χ3v) is 5.39. The minimum absolute atomic E-state index is 0.0357. The van der Waals surface area contributed by atoms with Gasteiger partial charge in [-0.15, -0.1) is 0 Å². The topological polar surface area (TPSA) is 99.4 Å². The molecule has 0 spiro atoms. The van der Waals surface area contributed by atoms with Crippen molar-refractivity contribution >= 4 is 21.5 Å². The van der Waals surface area contributed by atoms with Crippen LogP contribution in [0.3, 0.4) is 0 Å². The highest BCUT2D eigenvalue weighted by Crippen LogP contribution is 2.51. The number of fused-ring (bicyclic) bond motifs is 2. The van der Waals surface area contributed by atoms with Gasteiger partial charge in [-0.25, -0.2) is 0 Å². The van der Waals surface area contributed by atoms with Crippen molar-refractivity contribution < 1.29 is 29.9 Å². The van der Waals surface area contributed by atoms with Crippen molar-refractivity contribution in [3.05, 3.63) is 47.5 Å². The van der Waals surface area contributed by atoms with Gasteiger partial charge in [0.05, 0.1) is 25.0 Å². The van der Waals surface area contributed by atoms with E-state index in [4.69, 9.17) is 9.47 Å². The van der Waals surface area contributed by atoms with Gasteiger partial charge >= 0.3 is 0 Å². The van der Waals surface area contributed by atoms with Gasteiger partial charge < -0.3 is 29.9 Å². The number of phenols is 4. The second-order valence-electron chi connectivity index (χ2n) is 7.31. The van der Waals surface area contributed by atoms with E-state index in [9.17, 15) is 20.4 Å². The molecule has 6 heteroatoms. The molecule has 0 aliphatic rings. The number of hydrogen-bond donors (Lipinski definition) is 4. The zero-order valence-corrected chi connectivity index (χ0v) is 17.1. The molecule has 154 valence electrons. The van der Waals surface area contributed by atoms with Crippen LogP contribution < -0.4 is 9.47 Å². The van der Waals surface area contributed by atoms with Crippen molar-refractivity contribution in [2.24, 2.45) is 0 Å². The van der Waals surface area contributed by atoms with Crippen LogP contribution in [0.25, 0.3) is 32.7 Å². The van der Waals surface area contributed by atoms with Gasteiger partial charge in [-0.1, -0.05) is 6.07 Å². The fraction of sp³-hybridized carbons (Fsp3) is 0.167. The molecular formula is C24H22O6. The molecule has 4 aromatic rings. The maximum absolute atomic E-state index is 11.0. The van der Waals surface area contributed by atoms with Crippen LogP contribution in [-0.4, -0.2) is 34.6 Å². The monoisotopic (exact) mass is 406 g/mol.